The molecule has 0 aliphatic carbocycles. The minimum Gasteiger partial charge on any atom is -0.483 e. The van der Waals surface area contributed by atoms with Crippen LogP contribution in [0.4, 0.5) is 0 Å². The number of nitrogens with one attached hydrogen (secondary N) is 1. The van der Waals surface area contributed by atoms with E-state index in [1.807, 2.05) is 29.3 Å². The SMILES string of the molecule is O=C(CCc1cn[nH]c1)N1CCO[C@@H](CN2CCCC2)[C@@H]1c1ccccc1.O=CO. The van der Waals surface area contributed by atoms with Crippen LogP contribution in [-0.4, -0.2) is 76.4 Å². The van der Waals surface area contributed by atoms with Gasteiger partial charge in [-0.25, -0.2) is 0 Å². The lowest BCUT2D eigenvalue weighted by Crippen LogP contribution is -2.51. The maximum absolute atomic E-state index is 13.1. The van der Waals surface area contributed by atoms with Crippen LogP contribution in [0, 0.1) is 0 Å². The normalized spacial score (nSPS) is 21.7. The van der Waals surface area contributed by atoms with Gasteiger partial charge in [-0.3, -0.25) is 14.7 Å². The lowest BCUT2D eigenvalue weighted by atomic mass is 9.96. The topological polar surface area (TPSA) is 98.8 Å². The van der Waals surface area contributed by atoms with Crippen molar-refractivity contribution in [2.45, 2.75) is 37.8 Å². The fourth-order valence-corrected chi connectivity index (χ4v) is 4.24. The van der Waals surface area contributed by atoms with E-state index < -0.39 is 0 Å². The minimum atomic E-state index is -0.250. The number of benzene rings is 1. The summed E-state index contributed by atoms with van der Waals surface area (Å²) in [5.74, 6) is 0.194. The van der Waals surface area contributed by atoms with E-state index >= 15 is 0 Å². The minimum absolute atomic E-state index is 0.0163. The monoisotopic (exact) mass is 414 g/mol. The zero-order valence-corrected chi connectivity index (χ0v) is 17.2. The van der Waals surface area contributed by atoms with Gasteiger partial charge in [-0.15, -0.1) is 0 Å². The average Bonchev–Trinajstić information content (AvgIpc) is 3.47. The van der Waals surface area contributed by atoms with Gasteiger partial charge in [-0.1, -0.05) is 30.3 Å². The van der Waals surface area contributed by atoms with Crippen molar-refractivity contribution in [2.75, 3.05) is 32.8 Å². The Labute approximate surface area is 176 Å². The van der Waals surface area contributed by atoms with Gasteiger partial charge in [0.25, 0.3) is 6.47 Å². The van der Waals surface area contributed by atoms with E-state index in [4.69, 9.17) is 14.6 Å². The number of hydrogen-bond acceptors (Lipinski definition) is 5. The average molecular weight is 415 g/mol. The summed E-state index contributed by atoms with van der Waals surface area (Å²) in [6.07, 6.45) is 7.41. The number of aryl methyl sites for hydroxylation is 1. The summed E-state index contributed by atoms with van der Waals surface area (Å²) in [6.45, 7) is 4.18. The Bertz CT molecular complexity index is 763. The number of carbonyl (C=O) groups is 2. The summed E-state index contributed by atoms with van der Waals surface area (Å²) in [4.78, 5) is 26.0. The molecule has 162 valence electrons. The van der Waals surface area contributed by atoms with Gasteiger partial charge in [0.05, 0.1) is 24.9 Å². The predicted octanol–water partition coefficient (Wildman–Crippen LogP) is 2.11. The van der Waals surface area contributed by atoms with Crippen LogP contribution in [0.5, 0.6) is 0 Å². The van der Waals surface area contributed by atoms with Crippen molar-refractivity contribution in [3.63, 3.8) is 0 Å². The highest BCUT2D eigenvalue weighted by Crippen LogP contribution is 2.31. The van der Waals surface area contributed by atoms with Crippen molar-refractivity contribution in [3.8, 4) is 0 Å². The lowest BCUT2D eigenvalue weighted by molar-refractivity contribution is -0.148. The van der Waals surface area contributed by atoms with Crippen molar-refractivity contribution in [1.29, 1.82) is 0 Å². The molecule has 1 aromatic carbocycles. The van der Waals surface area contributed by atoms with Gasteiger partial charge in [-0.05, 0) is 43.5 Å². The van der Waals surface area contributed by atoms with E-state index in [0.717, 1.165) is 30.8 Å². The quantitative estimate of drug-likeness (QED) is 0.703. The maximum Gasteiger partial charge on any atom is 0.290 e. The third-order valence-corrected chi connectivity index (χ3v) is 5.63. The summed E-state index contributed by atoms with van der Waals surface area (Å²) in [5.41, 5.74) is 2.24. The van der Waals surface area contributed by atoms with Gasteiger partial charge in [0.15, 0.2) is 0 Å². The lowest BCUT2D eigenvalue weighted by Gasteiger charge is -2.43. The second-order valence-electron chi connectivity index (χ2n) is 7.57. The molecule has 2 N–H and O–H groups in total. The van der Waals surface area contributed by atoms with Crippen LogP contribution in [0.15, 0.2) is 42.7 Å². The number of likely N-dealkylation sites (tertiary alicyclic amines) is 1. The van der Waals surface area contributed by atoms with Crippen LogP contribution in [0.25, 0.3) is 0 Å². The zero-order valence-electron chi connectivity index (χ0n) is 17.2. The number of ether oxygens (including phenoxy) is 1. The third-order valence-electron chi connectivity index (χ3n) is 5.63. The standard InChI is InChI=1S/C21H28N4O2.CH2O2/c26-20(9-8-17-14-22-23-15-17)25-12-13-27-19(16-24-10-4-5-11-24)21(25)18-6-2-1-3-7-18;2-1-3/h1-3,6-7,14-15,19,21H,4-5,8-13,16H2,(H,22,23);1H,(H,2,3)/t19-,21-;/m0./s1. The number of aromatic amines is 1. The fraction of sp³-hybridized carbons (Fsp3) is 0.500. The van der Waals surface area contributed by atoms with Gasteiger partial charge in [0, 0.05) is 25.7 Å². The summed E-state index contributed by atoms with van der Waals surface area (Å²) >= 11 is 0. The summed E-state index contributed by atoms with van der Waals surface area (Å²) in [7, 11) is 0. The number of hydrogen-bond donors (Lipinski definition) is 2. The van der Waals surface area contributed by atoms with Gasteiger partial charge in [0.2, 0.25) is 5.91 Å². The second-order valence-corrected chi connectivity index (χ2v) is 7.57. The first-order valence-corrected chi connectivity index (χ1v) is 10.5. The van der Waals surface area contributed by atoms with Crippen molar-refractivity contribution < 1.29 is 19.4 Å². The molecule has 2 aromatic rings. The molecule has 1 amide bonds. The van der Waals surface area contributed by atoms with Crippen LogP contribution < -0.4 is 0 Å². The third kappa shape index (κ3) is 5.90. The summed E-state index contributed by atoms with van der Waals surface area (Å²) in [6, 6.07) is 10.3. The molecule has 2 aliphatic rings. The van der Waals surface area contributed by atoms with E-state index in [2.05, 4.69) is 27.2 Å². The number of aromatic nitrogens is 2. The Hall–Kier alpha value is -2.71. The molecule has 30 heavy (non-hydrogen) atoms. The van der Waals surface area contributed by atoms with Gasteiger partial charge in [0.1, 0.15) is 0 Å². The molecule has 2 atom stereocenters. The maximum atomic E-state index is 13.1. The highest BCUT2D eigenvalue weighted by atomic mass is 16.5. The summed E-state index contributed by atoms with van der Waals surface area (Å²) < 4.78 is 6.19. The number of carbonyl (C=O) groups excluding carboxylic acids is 1. The van der Waals surface area contributed by atoms with Crippen LogP contribution >= 0.6 is 0 Å². The summed E-state index contributed by atoms with van der Waals surface area (Å²) in [5, 5.41) is 13.7. The van der Waals surface area contributed by atoms with E-state index in [1.165, 1.54) is 12.8 Å². The van der Waals surface area contributed by atoms with Crippen LogP contribution in [0.3, 0.4) is 0 Å². The molecule has 3 heterocycles. The van der Waals surface area contributed by atoms with Crippen molar-refractivity contribution >= 4 is 12.4 Å². The van der Waals surface area contributed by atoms with Crippen LogP contribution in [0.2, 0.25) is 0 Å². The van der Waals surface area contributed by atoms with Gasteiger partial charge >= 0.3 is 0 Å². The largest absolute Gasteiger partial charge is 0.483 e. The Morgan fingerprint density at radius 2 is 1.97 bits per heavy atom. The van der Waals surface area contributed by atoms with Gasteiger partial charge in [-0.2, -0.15) is 5.10 Å². The molecular weight excluding hydrogens is 384 g/mol. The predicted molar refractivity (Wildman–Crippen MR) is 112 cm³/mol. The molecular formula is C22H30N4O4. The first-order valence-electron chi connectivity index (χ1n) is 10.5. The Kier molecular flexibility index (Phi) is 8.41. The number of morpholine rings is 1. The highest BCUT2D eigenvalue weighted by Gasteiger charge is 2.37. The Balaban J connectivity index is 0.000000806. The molecule has 2 fully saturated rings. The van der Waals surface area contributed by atoms with E-state index in [-0.39, 0.29) is 24.5 Å². The van der Waals surface area contributed by atoms with E-state index in [1.54, 1.807) is 6.20 Å². The molecule has 4 rings (SSSR count). The molecule has 0 spiro atoms. The highest BCUT2D eigenvalue weighted by molar-refractivity contribution is 5.77. The molecule has 0 unspecified atom stereocenters. The molecule has 8 heteroatoms. The number of nitrogens with zero attached hydrogens (tertiary/aromatic N) is 3. The van der Waals surface area contributed by atoms with Crippen LogP contribution in [0.1, 0.15) is 36.4 Å². The Morgan fingerprint density at radius 3 is 2.63 bits per heavy atom. The molecule has 2 saturated heterocycles. The van der Waals surface area contributed by atoms with Crippen molar-refractivity contribution in [3.05, 3.63) is 53.9 Å². The molecule has 1 aromatic heterocycles. The molecule has 0 saturated carbocycles. The zero-order chi connectivity index (χ0) is 21.2. The van der Waals surface area contributed by atoms with Crippen molar-refractivity contribution in [2.24, 2.45) is 0 Å². The van der Waals surface area contributed by atoms with Gasteiger partial charge < -0.3 is 19.6 Å². The number of rotatable bonds is 6. The fourth-order valence-electron chi connectivity index (χ4n) is 4.24. The van der Waals surface area contributed by atoms with Crippen LogP contribution in [-0.2, 0) is 20.7 Å². The Morgan fingerprint density at radius 1 is 1.23 bits per heavy atom. The molecule has 0 bridgehead atoms. The van der Waals surface area contributed by atoms with E-state index in [9.17, 15) is 4.79 Å². The number of carboxylic acid groups (broad SMARTS) is 1. The first kappa shape index (κ1) is 22.0. The van der Waals surface area contributed by atoms with E-state index in [0.29, 0.717) is 26.0 Å². The van der Waals surface area contributed by atoms with Crippen molar-refractivity contribution in [1.82, 2.24) is 20.0 Å². The second kappa shape index (κ2) is 11.5. The smallest absolute Gasteiger partial charge is 0.290 e. The molecule has 8 nitrogen and oxygen atoms in total. The number of amides is 1. The first-order chi connectivity index (χ1) is 14.7. The molecule has 2 aliphatic heterocycles. The molecule has 0 radical (unpaired) electrons. The number of H-pyrrole nitrogens is 1.